The van der Waals surface area contributed by atoms with Crippen molar-refractivity contribution in [1.82, 2.24) is 5.32 Å². The lowest BCUT2D eigenvalue weighted by molar-refractivity contribution is 0.0935. The molecule has 0 radical (unpaired) electrons. The van der Waals surface area contributed by atoms with Crippen LogP contribution in [0.5, 0.6) is 5.75 Å². The Morgan fingerprint density at radius 3 is 2.38 bits per heavy atom. The van der Waals surface area contributed by atoms with Gasteiger partial charge < -0.3 is 10.1 Å². The number of hydrogen-bond donors (Lipinski definition) is 1. The third-order valence-corrected chi connectivity index (χ3v) is 5.48. The van der Waals surface area contributed by atoms with Gasteiger partial charge in [0.25, 0.3) is 5.91 Å². The number of ether oxygens (including phenoxy) is 1. The number of benzene rings is 3. The first-order chi connectivity index (χ1) is 14.0. The van der Waals surface area contributed by atoms with Gasteiger partial charge in [-0.1, -0.05) is 54.9 Å². The Hall–Kier alpha value is -2.78. The van der Waals surface area contributed by atoms with Crippen LogP contribution in [0.25, 0.3) is 0 Å². The predicted molar refractivity (Wildman–Crippen MR) is 119 cm³/mol. The van der Waals surface area contributed by atoms with Crippen LogP contribution in [-0.4, -0.2) is 5.91 Å². The van der Waals surface area contributed by atoms with Gasteiger partial charge in [0.05, 0.1) is 6.04 Å². The molecule has 0 aliphatic rings. The zero-order valence-electron chi connectivity index (χ0n) is 17.0. The second kappa shape index (κ2) is 9.62. The number of halogens is 1. The molecule has 3 nitrogen and oxygen atoms in total. The molecule has 0 aromatic heterocycles. The van der Waals surface area contributed by atoms with E-state index in [4.69, 9.17) is 16.3 Å². The highest BCUT2D eigenvalue weighted by Crippen LogP contribution is 2.22. The molecule has 29 heavy (non-hydrogen) atoms. The molecule has 3 rings (SSSR count). The van der Waals surface area contributed by atoms with Crippen LogP contribution in [-0.2, 0) is 6.61 Å². The van der Waals surface area contributed by atoms with Crippen LogP contribution in [0.4, 0.5) is 0 Å². The SMILES string of the molecule is CCC(NC(=O)c1ccc(OCc2ccccc2Cl)cc1)c1ccc(C)c(C)c1. The molecule has 1 amide bonds. The summed E-state index contributed by atoms with van der Waals surface area (Å²) in [6.07, 6.45) is 0.827. The van der Waals surface area contributed by atoms with Crippen LogP contribution in [0.3, 0.4) is 0 Å². The second-order valence-corrected chi connectivity index (χ2v) is 7.59. The van der Waals surface area contributed by atoms with Crippen LogP contribution < -0.4 is 10.1 Å². The van der Waals surface area contributed by atoms with Crippen molar-refractivity contribution >= 4 is 17.5 Å². The molecule has 0 saturated carbocycles. The maximum Gasteiger partial charge on any atom is 0.251 e. The van der Waals surface area contributed by atoms with Crippen molar-refractivity contribution in [3.63, 3.8) is 0 Å². The Morgan fingerprint density at radius 1 is 1.00 bits per heavy atom. The van der Waals surface area contributed by atoms with Crippen molar-refractivity contribution in [2.45, 2.75) is 39.8 Å². The summed E-state index contributed by atoms with van der Waals surface area (Å²) in [5, 5.41) is 3.81. The highest BCUT2D eigenvalue weighted by Gasteiger charge is 2.15. The molecule has 0 heterocycles. The molecule has 4 heteroatoms. The van der Waals surface area contributed by atoms with Gasteiger partial charge in [-0.3, -0.25) is 4.79 Å². The number of aryl methyl sites for hydroxylation is 2. The van der Waals surface area contributed by atoms with Crippen LogP contribution in [0, 0.1) is 13.8 Å². The molecule has 0 bridgehead atoms. The van der Waals surface area contributed by atoms with Gasteiger partial charge in [-0.25, -0.2) is 0 Å². The third kappa shape index (κ3) is 5.39. The molecule has 1 N–H and O–H groups in total. The van der Waals surface area contributed by atoms with Gasteiger partial charge in [0, 0.05) is 16.1 Å². The predicted octanol–water partition coefficient (Wildman–Crippen LogP) is 6.42. The average molecular weight is 408 g/mol. The number of carbonyl (C=O) groups is 1. The summed E-state index contributed by atoms with van der Waals surface area (Å²) in [6.45, 7) is 6.64. The van der Waals surface area contributed by atoms with E-state index in [1.807, 2.05) is 36.4 Å². The van der Waals surface area contributed by atoms with E-state index in [-0.39, 0.29) is 11.9 Å². The van der Waals surface area contributed by atoms with Gasteiger partial charge in [0.2, 0.25) is 0 Å². The largest absolute Gasteiger partial charge is 0.489 e. The van der Waals surface area contributed by atoms with Crippen molar-refractivity contribution in [3.05, 3.63) is 99.6 Å². The number of amides is 1. The van der Waals surface area contributed by atoms with E-state index in [0.29, 0.717) is 22.9 Å². The lowest BCUT2D eigenvalue weighted by atomic mass is 9.99. The molecular formula is C25H26ClNO2. The lowest BCUT2D eigenvalue weighted by Crippen LogP contribution is -2.28. The average Bonchev–Trinajstić information content (AvgIpc) is 2.73. The smallest absolute Gasteiger partial charge is 0.251 e. The van der Waals surface area contributed by atoms with Crippen molar-refractivity contribution in [3.8, 4) is 5.75 Å². The van der Waals surface area contributed by atoms with Crippen LogP contribution in [0.2, 0.25) is 5.02 Å². The second-order valence-electron chi connectivity index (χ2n) is 7.18. The van der Waals surface area contributed by atoms with E-state index in [1.165, 1.54) is 11.1 Å². The van der Waals surface area contributed by atoms with Gasteiger partial charge in [0.1, 0.15) is 12.4 Å². The Labute approximate surface area is 177 Å². The summed E-state index contributed by atoms with van der Waals surface area (Å²) in [5.74, 6) is 0.607. The zero-order valence-corrected chi connectivity index (χ0v) is 17.8. The number of carbonyl (C=O) groups excluding carboxylic acids is 1. The summed E-state index contributed by atoms with van der Waals surface area (Å²) in [6, 6.07) is 21.1. The van der Waals surface area contributed by atoms with Gasteiger partial charge in [-0.15, -0.1) is 0 Å². The fourth-order valence-corrected chi connectivity index (χ4v) is 3.31. The normalized spacial score (nSPS) is 11.7. The first-order valence-electron chi connectivity index (χ1n) is 9.82. The quantitative estimate of drug-likeness (QED) is 0.491. The monoisotopic (exact) mass is 407 g/mol. The topological polar surface area (TPSA) is 38.3 Å². The molecule has 3 aromatic carbocycles. The zero-order chi connectivity index (χ0) is 20.8. The highest BCUT2D eigenvalue weighted by atomic mass is 35.5. The van der Waals surface area contributed by atoms with E-state index in [0.717, 1.165) is 17.5 Å². The van der Waals surface area contributed by atoms with Crippen molar-refractivity contribution in [2.24, 2.45) is 0 Å². The van der Waals surface area contributed by atoms with Crippen LogP contribution in [0.15, 0.2) is 66.7 Å². The van der Waals surface area contributed by atoms with Crippen molar-refractivity contribution in [2.75, 3.05) is 0 Å². The standard InChI is InChI=1S/C25H26ClNO2/c1-4-24(20-10-9-17(2)18(3)15-20)27-25(28)19-11-13-22(14-12-19)29-16-21-7-5-6-8-23(21)26/h5-15,24H,4,16H2,1-3H3,(H,27,28). The molecule has 1 atom stereocenters. The third-order valence-electron chi connectivity index (χ3n) is 5.12. The van der Waals surface area contributed by atoms with E-state index >= 15 is 0 Å². The van der Waals surface area contributed by atoms with E-state index < -0.39 is 0 Å². The summed E-state index contributed by atoms with van der Waals surface area (Å²) in [4.78, 5) is 12.7. The number of hydrogen-bond acceptors (Lipinski definition) is 2. The molecule has 3 aromatic rings. The maximum atomic E-state index is 12.7. The summed E-state index contributed by atoms with van der Waals surface area (Å²) in [7, 11) is 0. The Morgan fingerprint density at radius 2 is 1.72 bits per heavy atom. The van der Waals surface area contributed by atoms with Gasteiger partial charge in [-0.2, -0.15) is 0 Å². The minimum absolute atomic E-state index is 0.0158. The fraction of sp³-hybridized carbons (Fsp3) is 0.240. The van der Waals surface area contributed by atoms with Gasteiger partial charge >= 0.3 is 0 Å². The van der Waals surface area contributed by atoms with E-state index in [9.17, 15) is 4.79 Å². The lowest BCUT2D eigenvalue weighted by Gasteiger charge is -2.19. The molecule has 1 unspecified atom stereocenters. The molecule has 0 fully saturated rings. The van der Waals surface area contributed by atoms with Crippen molar-refractivity contribution in [1.29, 1.82) is 0 Å². The summed E-state index contributed by atoms with van der Waals surface area (Å²) >= 11 is 6.16. The molecule has 150 valence electrons. The van der Waals surface area contributed by atoms with Gasteiger partial charge in [0.15, 0.2) is 0 Å². The molecule has 0 spiro atoms. The maximum absolute atomic E-state index is 12.7. The summed E-state index contributed by atoms with van der Waals surface area (Å²) < 4.78 is 5.79. The Bertz CT molecular complexity index is 982. The van der Waals surface area contributed by atoms with E-state index in [1.54, 1.807) is 12.1 Å². The summed E-state index contributed by atoms with van der Waals surface area (Å²) in [5.41, 5.74) is 5.15. The molecule has 0 aliphatic carbocycles. The number of nitrogens with one attached hydrogen (secondary N) is 1. The minimum atomic E-state index is -0.0901. The molecule has 0 saturated heterocycles. The fourth-order valence-electron chi connectivity index (χ4n) is 3.12. The number of rotatable bonds is 7. The Kier molecular flexibility index (Phi) is 6.95. The molecule has 0 aliphatic heterocycles. The molecular weight excluding hydrogens is 382 g/mol. The van der Waals surface area contributed by atoms with Gasteiger partial charge in [-0.05, 0) is 67.3 Å². The Balaban J connectivity index is 1.63. The first kappa shape index (κ1) is 20.9. The minimum Gasteiger partial charge on any atom is -0.489 e. The van der Waals surface area contributed by atoms with Crippen LogP contribution >= 0.6 is 11.6 Å². The highest BCUT2D eigenvalue weighted by molar-refractivity contribution is 6.31. The van der Waals surface area contributed by atoms with Crippen molar-refractivity contribution < 1.29 is 9.53 Å². The first-order valence-corrected chi connectivity index (χ1v) is 10.2. The van der Waals surface area contributed by atoms with Crippen LogP contribution in [0.1, 0.15) is 52.0 Å². The van der Waals surface area contributed by atoms with E-state index in [2.05, 4.69) is 44.3 Å².